The molecule has 6 heteroatoms. The van der Waals surface area contributed by atoms with Gasteiger partial charge in [0, 0.05) is 28.5 Å². The van der Waals surface area contributed by atoms with E-state index in [-0.39, 0.29) is 16.4 Å². The fourth-order valence-corrected chi connectivity index (χ4v) is 2.76. The Kier molecular flexibility index (Phi) is 5.78. The second kappa shape index (κ2) is 7.62. The van der Waals surface area contributed by atoms with Crippen molar-refractivity contribution in [3.05, 3.63) is 57.6 Å². The minimum Gasteiger partial charge on any atom is -0.454 e. The van der Waals surface area contributed by atoms with Crippen molar-refractivity contribution >= 4 is 23.4 Å². The largest absolute Gasteiger partial charge is 0.454 e. The summed E-state index contributed by atoms with van der Waals surface area (Å²) in [6.07, 6.45) is 0.951. The number of halogens is 2. The van der Waals surface area contributed by atoms with Gasteiger partial charge < -0.3 is 9.30 Å². The van der Waals surface area contributed by atoms with E-state index in [9.17, 15) is 14.0 Å². The Balaban J connectivity index is 2.09. The molecule has 1 aromatic heterocycles. The molecule has 2 aromatic rings. The summed E-state index contributed by atoms with van der Waals surface area (Å²) in [5.41, 5.74) is 2.04. The average molecular weight is 352 g/mol. The van der Waals surface area contributed by atoms with E-state index in [1.165, 1.54) is 12.1 Å². The number of nitrogens with zero attached hydrogens (tertiary/aromatic N) is 1. The van der Waals surface area contributed by atoms with Crippen LogP contribution >= 0.6 is 11.6 Å². The molecule has 0 unspecified atom stereocenters. The molecule has 0 aliphatic heterocycles. The molecule has 4 nitrogen and oxygen atoms in total. The molecule has 0 aliphatic carbocycles. The van der Waals surface area contributed by atoms with E-state index in [0.717, 1.165) is 30.4 Å². The van der Waals surface area contributed by atoms with Gasteiger partial charge in [-0.3, -0.25) is 4.79 Å². The van der Waals surface area contributed by atoms with Crippen LogP contribution in [0.1, 0.15) is 45.4 Å². The van der Waals surface area contributed by atoms with Gasteiger partial charge in [-0.05, 0) is 44.5 Å². The Morgan fingerprint density at radius 3 is 2.58 bits per heavy atom. The summed E-state index contributed by atoms with van der Waals surface area (Å²) in [6.45, 7) is 6.21. The summed E-state index contributed by atoms with van der Waals surface area (Å²) in [5, 5.41) is 0.220. The van der Waals surface area contributed by atoms with Gasteiger partial charge in [-0.2, -0.15) is 0 Å². The van der Waals surface area contributed by atoms with E-state index >= 15 is 0 Å². The van der Waals surface area contributed by atoms with Gasteiger partial charge in [0.2, 0.25) is 5.78 Å². The highest BCUT2D eigenvalue weighted by atomic mass is 35.5. The fraction of sp³-hybridized carbons (Fsp3) is 0.333. The molecule has 0 N–H and O–H groups in total. The van der Waals surface area contributed by atoms with Crippen molar-refractivity contribution < 1.29 is 18.7 Å². The number of aromatic nitrogens is 1. The highest BCUT2D eigenvalue weighted by Crippen LogP contribution is 2.18. The second-order valence-electron chi connectivity index (χ2n) is 5.56. The van der Waals surface area contributed by atoms with Crippen molar-refractivity contribution in [3.63, 3.8) is 0 Å². The first-order valence-corrected chi connectivity index (χ1v) is 8.05. The molecule has 0 fully saturated rings. The first kappa shape index (κ1) is 18.2. The first-order chi connectivity index (χ1) is 11.3. The van der Waals surface area contributed by atoms with Crippen molar-refractivity contribution in [1.82, 2.24) is 4.57 Å². The molecule has 0 saturated carbocycles. The maximum Gasteiger partial charge on any atom is 0.341 e. The number of carbonyl (C=O) groups excluding carboxylic acids is 2. The normalized spacial score (nSPS) is 10.7. The zero-order valence-corrected chi connectivity index (χ0v) is 14.6. The summed E-state index contributed by atoms with van der Waals surface area (Å²) in [7, 11) is 0. The van der Waals surface area contributed by atoms with Crippen molar-refractivity contribution in [1.29, 1.82) is 0 Å². The number of aryl methyl sites for hydroxylation is 1. The number of ketones is 1. The van der Waals surface area contributed by atoms with Crippen molar-refractivity contribution in [2.45, 2.75) is 33.7 Å². The van der Waals surface area contributed by atoms with Crippen LogP contribution in [0.5, 0.6) is 0 Å². The van der Waals surface area contributed by atoms with Crippen LogP contribution in [0.4, 0.5) is 4.39 Å². The molecular formula is C18H19ClFNO3. The maximum atomic E-state index is 13.6. The lowest BCUT2D eigenvalue weighted by molar-refractivity contribution is 0.0470. The maximum absolute atomic E-state index is 13.6. The highest BCUT2D eigenvalue weighted by Gasteiger charge is 2.19. The Labute approximate surface area is 145 Å². The molecule has 128 valence electrons. The number of ether oxygens (including phenoxy) is 1. The molecule has 0 bridgehead atoms. The molecule has 0 atom stereocenters. The van der Waals surface area contributed by atoms with Gasteiger partial charge in [0.1, 0.15) is 5.82 Å². The third-order valence-corrected chi connectivity index (χ3v) is 4.04. The zero-order valence-electron chi connectivity index (χ0n) is 13.9. The van der Waals surface area contributed by atoms with Gasteiger partial charge in [-0.25, -0.2) is 9.18 Å². The molecule has 0 amide bonds. The molecular weight excluding hydrogens is 333 g/mol. The number of hydrogen-bond acceptors (Lipinski definition) is 3. The molecule has 0 saturated heterocycles. The number of carbonyl (C=O) groups is 2. The van der Waals surface area contributed by atoms with Crippen LogP contribution in [0.3, 0.4) is 0 Å². The SMILES string of the molecule is CCCn1c(C)cc(C(=O)COC(=O)c2cc(Cl)ccc2F)c1C. The lowest BCUT2D eigenvalue weighted by Crippen LogP contribution is -2.16. The molecule has 1 aromatic carbocycles. The smallest absolute Gasteiger partial charge is 0.341 e. The van der Waals surface area contributed by atoms with E-state index in [1.807, 2.05) is 18.4 Å². The lowest BCUT2D eigenvalue weighted by Gasteiger charge is -2.08. The lowest BCUT2D eigenvalue weighted by atomic mass is 10.1. The molecule has 24 heavy (non-hydrogen) atoms. The Hall–Kier alpha value is -2.14. The average Bonchev–Trinajstić information content (AvgIpc) is 2.83. The summed E-state index contributed by atoms with van der Waals surface area (Å²) >= 11 is 5.75. The molecule has 0 radical (unpaired) electrons. The number of benzene rings is 1. The predicted octanol–water partition coefficient (Wildman–Crippen LogP) is 4.35. The van der Waals surface area contributed by atoms with Crippen LogP contribution in [0, 0.1) is 19.7 Å². The van der Waals surface area contributed by atoms with E-state index in [0.29, 0.717) is 5.56 Å². The second-order valence-corrected chi connectivity index (χ2v) is 6.00. The Morgan fingerprint density at radius 2 is 1.92 bits per heavy atom. The molecule has 0 spiro atoms. The molecule has 2 rings (SSSR count). The summed E-state index contributed by atoms with van der Waals surface area (Å²) in [4.78, 5) is 24.2. The monoisotopic (exact) mass is 351 g/mol. The topological polar surface area (TPSA) is 48.3 Å². The van der Waals surface area contributed by atoms with Crippen LogP contribution < -0.4 is 0 Å². The van der Waals surface area contributed by atoms with Crippen LogP contribution in [0.15, 0.2) is 24.3 Å². The summed E-state index contributed by atoms with van der Waals surface area (Å²) in [6, 6.07) is 5.37. The van der Waals surface area contributed by atoms with E-state index < -0.39 is 18.4 Å². The van der Waals surface area contributed by atoms with Crippen LogP contribution in [0.25, 0.3) is 0 Å². The third kappa shape index (κ3) is 3.85. The van der Waals surface area contributed by atoms with Crippen LogP contribution in [-0.2, 0) is 11.3 Å². The van der Waals surface area contributed by atoms with Crippen LogP contribution in [0.2, 0.25) is 5.02 Å². The third-order valence-electron chi connectivity index (χ3n) is 3.80. The van der Waals surface area contributed by atoms with E-state index in [4.69, 9.17) is 16.3 Å². The van der Waals surface area contributed by atoms with Gasteiger partial charge in [-0.1, -0.05) is 18.5 Å². The van der Waals surface area contributed by atoms with Crippen molar-refractivity contribution in [2.24, 2.45) is 0 Å². The summed E-state index contributed by atoms with van der Waals surface area (Å²) in [5.74, 6) is -1.97. The molecule has 0 aliphatic rings. The zero-order chi connectivity index (χ0) is 17.9. The number of hydrogen-bond donors (Lipinski definition) is 0. The van der Waals surface area contributed by atoms with E-state index in [1.54, 1.807) is 6.07 Å². The Morgan fingerprint density at radius 1 is 1.21 bits per heavy atom. The number of esters is 1. The van der Waals surface area contributed by atoms with Gasteiger partial charge in [0.05, 0.1) is 5.56 Å². The molecule has 1 heterocycles. The minimum absolute atomic E-state index is 0.220. The fourth-order valence-electron chi connectivity index (χ4n) is 2.59. The van der Waals surface area contributed by atoms with Gasteiger partial charge in [0.15, 0.2) is 6.61 Å². The quantitative estimate of drug-likeness (QED) is 0.574. The van der Waals surface area contributed by atoms with Crippen molar-refractivity contribution in [3.8, 4) is 0 Å². The predicted molar refractivity (Wildman–Crippen MR) is 90.2 cm³/mol. The number of rotatable bonds is 6. The van der Waals surface area contributed by atoms with Gasteiger partial charge >= 0.3 is 5.97 Å². The standard InChI is InChI=1S/C18H19ClFNO3/c1-4-7-21-11(2)8-14(12(21)3)17(22)10-24-18(23)15-9-13(19)5-6-16(15)20/h5-6,8-9H,4,7,10H2,1-3H3. The minimum atomic E-state index is -0.911. The van der Waals surface area contributed by atoms with Crippen molar-refractivity contribution in [2.75, 3.05) is 6.61 Å². The van der Waals surface area contributed by atoms with Gasteiger partial charge in [-0.15, -0.1) is 0 Å². The van der Waals surface area contributed by atoms with Gasteiger partial charge in [0.25, 0.3) is 0 Å². The Bertz CT molecular complexity index is 783. The highest BCUT2D eigenvalue weighted by molar-refractivity contribution is 6.30. The van der Waals surface area contributed by atoms with Crippen LogP contribution in [-0.4, -0.2) is 22.9 Å². The van der Waals surface area contributed by atoms with E-state index in [2.05, 4.69) is 6.92 Å². The summed E-state index contributed by atoms with van der Waals surface area (Å²) < 4.78 is 20.6. The first-order valence-electron chi connectivity index (χ1n) is 7.67. The number of Topliss-reactive ketones (excluding diaryl/α,β-unsaturated/α-hetero) is 1.